The van der Waals surface area contributed by atoms with E-state index in [0.29, 0.717) is 17.4 Å². The lowest BCUT2D eigenvalue weighted by molar-refractivity contribution is 0.495. The number of fused-ring (bicyclic) bond motifs is 1. The van der Waals surface area contributed by atoms with E-state index in [1.165, 1.54) is 0 Å². The molecule has 7 heteroatoms. The molecule has 0 saturated carbocycles. The van der Waals surface area contributed by atoms with Gasteiger partial charge in [-0.25, -0.2) is 15.0 Å². The van der Waals surface area contributed by atoms with Crippen LogP contribution in [-0.4, -0.2) is 38.2 Å². The molecule has 0 radical (unpaired) electrons. The Kier molecular flexibility index (Phi) is 3.55. The summed E-state index contributed by atoms with van der Waals surface area (Å²) in [5, 5.41) is 7.84. The quantitative estimate of drug-likeness (QED) is 0.751. The Labute approximate surface area is 140 Å². The van der Waals surface area contributed by atoms with Gasteiger partial charge in [0.25, 0.3) is 0 Å². The largest absolute Gasteiger partial charge is 0.384 e. The van der Waals surface area contributed by atoms with Gasteiger partial charge in [0.1, 0.15) is 5.82 Å². The number of aryl methyl sites for hydroxylation is 2. The molecule has 0 aromatic carbocycles. The maximum atomic E-state index is 5.85. The van der Waals surface area contributed by atoms with E-state index in [1.807, 2.05) is 26.0 Å². The number of aromatic amines is 1. The van der Waals surface area contributed by atoms with Crippen LogP contribution in [0.1, 0.15) is 35.8 Å². The number of nitrogens with one attached hydrogen (secondary N) is 1. The Morgan fingerprint density at radius 3 is 2.75 bits per heavy atom. The van der Waals surface area contributed by atoms with Gasteiger partial charge in [-0.05, 0) is 44.9 Å². The summed E-state index contributed by atoms with van der Waals surface area (Å²) >= 11 is 0. The average Bonchev–Trinajstić information content (AvgIpc) is 2.95. The number of nitrogen functional groups attached to an aromatic ring is 1. The first kappa shape index (κ1) is 14.9. The molecule has 7 nitrogen and oxygen atoms in total. The van der Waals surface area contributed by atoms with Gasteiger partial charge in [-0.3, -0.25) is 5.10 Å². The topological polar surface area (TPSA) is 96.6 Å². The highest BCUT2D eigenvalue weighted by Crippen LogP contribution is 2.29. The lowest BCUT2D eigenvalue weighted by Gasteiger charge is -2.32. The van der Waals surface area contributed by atoms with Gasteiger partial charge in [-0.15, -0.1) is 0 Å². The van der Waals surface area contributed by atoms with E-state index in [4.69, 9.17) is 10.7 Å². The molecule has 1 fully saturated rings. The van der Waals surface area contributed by atoms with Crippen LogP contribution in [0.15, 0.2) is 18.2 Å². The van der Waals surface area contributed by atoms with Crippen molar-refractivity contribution in [1.82, 2.24) is 25.1 Å². The van der Waals surface area contributed by atoms with Gasteiger partial charge in [0.15, 0.2) is 5.65 Å². The van der Waals surface area contributed by atoms with Crippen LogP contribution in [0.2, 0.25) is 0 Å². The van der Waals surface area contributed by atoms with Crippen molar-refractivity contribution in [3.05, 3.63) is 35.3 Å². The van der Waals surface area contributed by atoms with E-state index in [9.17, 15) is 0 Å². The molecule has 1 atom stereocenters. The Hall–Kier alpha value is -2.70. The number of rotatable bonds is 2. The fraction of sp³-hybridized carbons (Fsp3) is 0.412. The molecule has 1 aliphatic rings. The number of nitrogens with zero attached hydrogens (tertiary/aromatic N) is 5. The van der Waals surface area contributed by atoms with E-state index in [1.54, 1.807) is 0 Å². The summed E-state index contributed by atoms with van der Waals surface area (Å²) in [6, 6.07) is 6.07. The fourth-order valence-corrected chi connectivity index (χ4v) is 3.41. The van der Waals surface area contributed by atoms with Gasteiger partial charge >= 0.3 is 0 Å². The molecule has 124 valence electrons. The van der Waals surface area contributed by atoms with Gasteiger partial charge < -0.3 is 10.6 Å². The molecular weight excluding hydrogens is 302 g/mol. The van der Waals surface area contributed by atoms with Crippen LogP contribution < -0.4 is 10.6 Å². The summed E-state index contributed by atoms with van der Waals surface area (Å²) in [5.74, 6) is 1.74. The summed E-state index contributed by atoms with van der Waals surface area (Å²) in [6.07, 6.45) is 2.21. The zero-order valence-electron chi connectivity index (χ0n) is 14.0. The summed E-state index contributed by atoms with van der Waals surface area (Å²) in [5.41, 5.74) is 9.60. The minimum Gasteiger partial charge on any atom is -0.384 e. The number of piperidine rings is 1. The van der Waals surface area contributed by atoms with Gasteiger partial charge in [0, 0.05) is 36.1 Å². The molecule has 0 aliphatic carbocycles. The second kappa shape index (κ2) is 5.74. The third kappa shape index (κ3) is 2.66. The first-order valence-corrected chi connectivity index (χ1v) is 8.28. The van der Waals surface area contributed by atoms with Crippen molar-refractivity contribution >= 4 is 22.8 Å². The smallest absolute Gasteiger partial charge is 0.225 e. The molecule has 4 heterocycles. The molecular formula is C17H21N7. The van der Waals surface area contributed by atoms with E-state index in [2.05, 4.69) is 31.1 Å². The average molecular weight is 323 g/mol. The van der Waals surface area contributed by atoms with Crippen LogP contribution in [0, 0.1) is 13.8 Å². The lowest BCUT2D eigenvalue weighted by Crippen LogP contribution is -2.36. The summed E-state index contributed by atoms with van der Waals surface area (Å²) in [7, 11) is 0. The van der Waals surface area contributed by atoms with E-state index in [-0.39, 0.29) is 0 Å². The van der Waals surface area contributed by atoms with Crippen molar-refractivity contribution in [2.75, 3.05) is 23.7 Å². The number of pyridine rings is 1. The first-order valence-electron chi connectivity index (χ1n) is 8.28. The predicted molar refractivity (Wildman–Crippen MR) is 94.0 cm³/mol. The van der Waals surface area contributed by atoms with Gasteiger partial charge in [0.2, 0.25) is 5.95 Å². The van der Waals surface area contributed by atoms with Gasteiger partial charge in [0.05, 0.1) is 5.39 Å². The van der Waals surface area contributed by atoms with Crippen LogP contribution >= 0.6 is 0 Å². The fourth-order valence-electron chi connectivity index (χ4n) is 3.41. The molecule has 3 N–H and O–H groups in total. The Morgan fingerprint density at radius 2 is 1.96 bits per heavy atom. The third-order valence-corrected chi connectivity index (χ3v) is 4.56. The first-order chi connectivity index (χ1) is 11.6. The molecule has 0 amide bonds. The molecule has 4 rings (SSSR count). The molecule has 1 saturated heterocycles. The van der Waals surface area contributed by atoms with Gasteiger partial charge in [-0.1, -0.05) is 0 Å². The Bertz CT molecular complexity index is 866. The van der Waals surface area contributed by atoms with Crippen molar-refractivity contribution < 1.29 is 0 Å². The van der Waals surface area contributed by atoms with Crippen LogP contribution in [0.4, 0.5) is 11.8 Å². The maximum Gasteiger partial charge on any atom is 0.225 e. The number of anilines is 2. The van der Waals surface area contributed by atoms with Crippen LogP contribution in [0.5, 0.6) is 0 Å². The van der Waals surface area contributed by atoms with Crippen LogP contribution in [0.3, 0.4) is 0 Å². The lowest BCUT2D eigenvalue weighted by atomic mass is 9.94. The minimum atomic E-state index is 0.352. The minimum absolute atomic E-state index is 0.352. The second-order valence-corrected chi connectivity index (χ2v) is 6.48. The number of nitrogens with two attached hydrogens (primary N) is 1. The number of hydrogen-bond donors (Lipinski definition) is 2. The van der Waals surface area contributed by atoms with Crippen molar-refractivity contribution in [1.29, 1.82) is 0 Å². The second-order valence-electron chi connectivity index (χ2n) is 6.48. The zero-order chi connectivity index (χ0) is 16.7. The van der Waals surface area contributed by atoms with E-state index < -0.39 is 0 Å². The van der Waals surface area contributed by atoms with Crippen LogP contribution in [-0.2, 0) is 0 Å². The number of aromatic nitrogens is 5. The monoisotopic (exact) mass is 323 g/mol. The van der Waals surface area contributed by atoms with Gasteiger partial charge in [-0.2, -0.15) is 5.10 Å². The highest BCUT2D eigenvalue weighted by atomic mass is 15.3. The highest BCUT2D eigenvalue weighted by Gasteiger charge is 2.24. The Morgan fingerprint density at radius 1 is 1.17 bits per heavy atom. The molecule has 1 aliphatic heterocycles. The Balaban J connectivity index is 1.61. The van der Waals surface area contributed by atoms with E-state index >= 15 is 0 Å². The SMILES string of the molecule is Cc1cc(C)nc(N2CCCC(c3ccc4c(N)[nH]nc4n3)C2)n1. The van der Waals surface area contributed by atoms with Crippen molar-refractivity contribution in [2.45, 2.75) is 32.6 Å². The normalized spacial score (nSPS) is 18.2. The van der Waals surface area contributed by atoms with Crippen molar-refractivity contribution in [3.63, 3.8) is 0 Å². The molecule has 0 spiro atoms. The summed E-state index contributed by atoms with van der Waals surface area (Å²) < 4.78 is 0. The molecule has 1 unspecified atom stereocenters. The zero-order valence-corrected chi connectivity index (χ0v) is 14.0. The molecule has 3 aromatic rings. The summed E-state index contributed by atoms with van der Waals surface area (Å²) in [6.45, 7) is 5.88. The summed E-state index contributed by atoms with van der Waals surface area (Å²) in [4.78, 5) is 16.2. The van der Waals surface area contributed by atoms with E-state index in [0.717, 1.165) is 54.3 Å². The van der Waals surface area contributed by atoms with Crippen molar-refractivity contribution in [2.24, 2.45) is 0 Å². The van der Waals surface area contributed by atoms with Crippen LogP contribution in [0.25, 0.3) is 11.0 Å². The molecule has 24 heavy (non-hydrogen) atoms. The molecule has 0 bridgehead atoms. The number of H-pyrrole nitrogens is 1. The number of hydrogen-bond acceptors (Lipinski definition) is 6. The molecule has 3 aromatic heterocycles. The maximum absolute atomic E-state index is 5.85. The highest BCUT2D eigenvalue weighted by molar-refractivity contribution is 5.85. The third-order valence-electron chi connectivity index (χ3n) is 4.56. The van der Waals surface area contributed by atoms with Crippen molar-refractivity contribution in [3.8, 4) is 0 Å². The predicted octanol–water partition coefficient (Wildman–Crippen LogP) is 2.33. The standard InChI is InChI=1S/C17H21N7/c1-10-8-11(2)20-17(19-10)24-7-3-4-12(9-24)14-6-5-13-15(18)22-23-16(13)21-14/h5-6,8,12H,3-4,7,9H2,1-2H3,(H3,18,21,22,23).